The summed E-state index contributed by atoms with van der Waals surface area (Å²) >= 11 is 3.22. The highest BCUT2D eigenvalue weighted by molar-refractivity contribution is 9.10. The third kappa shape index (κ3) is 5.18. The molecule has 1 aromatic rings. The van der Waals surface area contributed by atoms with E-state index in [2.05, 4.69) is 26.8 Å². The zero-order valence-corrected chi connectivity index (χ0v) is 17.2. The Balaban J connectivity index is 2.14. The number of halogens is 1. The molecule has 0 spiro atoms. The minimum atomic E-state index is -3.65. The van der Waals surface area contributed by atoms with Gasteiger partial charge in [0.2, 0.25) is 10.0 Å². The molecule has 1 aromatic carbocycles. The van der Waals surface area contributed by atoms with Crippen LogP contribution in [0.15, 0.2) is 27.6 Å². The molecule has 0 unspecified atom stereocenters. The van der Waals surface area contributed by atoms with Crippen LogP contribution < -0.4 is 10.9 Å². The van der Waals surface area contributed by atoms with Crippen molar-refractivity contribution in [2.24, 2.45) is 0 Å². The van der Waals surface area contributed by atoms with Crippen LogP contribution in [-0.2, 0) is 14.8 Å². The second kappa shape index (κ2) is 7.93. The van der Waals surface area contributed by atoms with Crippen LogP contribution in [0, 0.1) is 0 Å². The van der Waals surface area contributed by atoms with E-state index < -0.39 is 27.6 Å². The van der Waals surface area contributed by atoms with Crippen molar-refractivity contribution in [1.29, 1.82) is 0 Å². The van der Waals surface area contributed by atoms with E-state index in [1.165, 1.54) is 22.5 Å². The number of nitrogens with zero attached hydrogens (tertiary/aromatic N) is 1. The standard InChI is InChI=1S/C16H22BrN3O5S/c1-16(2,3)25-15(22)19-18-14(21)12-10-11(6-7-13(12)17)26(23,24)20-8-4-5-9-20/h6-7,10H,4-5,8-9H2,1-3H3,(H,18,21)(H,19,22). The van der Waals surface area contributed by atoms with Crippen molar-refractivity contribution in [1.82, 2.24) is 15.2 Å². The second-order valence-electron chi connectivity index (χ2n) is 6.83. The van der Waals surface area contributed by atoms with E-state index in [-0.39, 0.29) is 10.5 Å². The zero-order valence-electron chi connectivity index (χ0n) is 14.8. The summed E-state index contributed by atoms with van der Waals surface area (Å²) < 4.78 is 32.1. The SMILES string of the molecule is CC(C)(C)OC(=O)NNC(=O)c1cc(S(=O)(=O)N2CCCC2)ccc1Br. The van der Waals surface area contributed by atoms with Gasteiger partial charge in [-0.25, -0.2) is 18.6 Å². The third-order valence-corrected chi connectivity index (χ3v) is 6.15. The van der Waals surface area contributed by atoms with Crippen molar-refractivity contribution in [2.75, 3.05) is 13.1 Å². The molecule has 0 radical (unpaired) electrons. The average Bonchev–Trinajstić information content (AvgIpc) is 3.06. The molecule has 2 N–H and O–H groups in total. The minimum Gasteiger partial charge on any atom is -0.443 e. The number of amides is 2. The van der Waals surface area contributed by atoms with Gasteiger partial charge in [0.05, 0.1) is 10.5 Å². The summed E-state index contributed by atoms with van der Waals surface area (Å²) in [5.41, 5.74) is 3.72. The van der Waals surface area contributed by atoms with Crippen LogP contribution >= 0.6 is 15.9 Å². The van der Waals surface area contributed by atoms with Crippen LogP contribution in [0.5, 0.6) is 0 Å². The molecular formula is C16H22BrN3O5S. The van der Waals surface area contributed by atoms with Crippen LogP contribution in [0.2, 0.25) is 0 Å². The van der Waals surface area contributed by atoms with Crippen molar-refractivity contribution in [3.05, 3.63) is 28.2 Å². The van der Waals surface area contributed by atoms with Gasteiger partial charge in [-0.2, -0.15) is 4.31 Å². The smallest absolute Gasteiger partial charge is 0.426 e. The predicted octanol–water partition coefficient (Wildman–Crippen LogP) is 2.40. The molecule has 1 saturated heterocycles. The quantitative estimate of drug-likeness (QED) is 0.692. The lowest BCUT2D eigenvalue weighted by atomic mass is 10.2. The molecular weight excluding hydrogens is 426 g/mol. The van der Waals surface area contributed by atoms with Crippen LogP contribution in [0.25, 0.3) is 0 Å². The first-order valence-corrected chi connectivity index (χ1v) is 10.3. The van der Waals surface area contributed by atoms with Gasteiger partial charge in [-0.3, -0.25) is 10.2 Å². The Hall–Kier alpha value is -1.65. The summed E-state index contributed by atoms with van der Waals surface area (Å²) in [5.74, 6) is -0.666. The lowest BCUT2D eigenvalue weighted by molar-refractivity contribution is 0.0483. The number of nitrogens with one attached hydrogen (secondary N) is 2. The molecule has 0 aliphatic carbocycles. The predicted molar refractivity (Wildman–Crippen MR) is 99.0 cm³/mol. The summed E-state index contributed by atoms with van der Waals surface area (Å²) in [6.45, 7) is 6.02. The van der Waals surface area contributed by atoms with Crippen LogP contribution in [0.4, 0.5) is 4.79 Å². The molecule has 8 nitrogen and oxygen atoms in total. The molecule has 2 amide bonds. The highest BCUT2D eigenvalue weighted by Crippen LogP contribution is 2.25. The minimum absolute atomic E-state index is 0.0324. The van der Waals surface area contributed by atoms with Gasteiger partial charge < -0.3 is 4.74 Å². The van der Waals surface area contributed by atoms with E-state index in [4.69, 9.17) is 4.74 Å². The van der Waals surface area contributed by atoms with Crippen molar-refractivity contribution in [3.8, 4) is 0 Å². The Labute approximate surface area is 161 Å². The summed E-state index contributed by atoms with van der Waals surface area (Å²) in [6, 6.07) is 4.21. The third-order valence-electron chi connectivity index (χ3n) is 3.56. The van der Waals surface area contributed by atoms with E-state index >= 15 is 0 Å². The molecule has 0 saturated carbocycles. The van der Waals surface area contributed by atoms with Crippen LogP contribution in [0.3, 0.4) is 0 Å². The summed E-state index contributed by atoms with van der Waals surface area (Å²) in [6.07, 6.45) is 0.828. The lowest BCUT2D eigenvalue weighted by Crippen LogP contribution is -2.44. The van der Waals surface area contributed by atoms with E-state index in [1.807, 2.05) is 0 Å². The first kappa shape index (κ1) is 20.7. The summed E-state index contributed by atoms with van der Waals surface area (Å²) in [4.78, 5) is 24.0. The van der Waals surface area contributed by atoms with E-state index in [1.54, 1.807) is 20.8 Å². The number of ether oxygens (including phenoxy) is 1. The van der Waals surface area contributed by atoms with Gasteiger partial charge in [0.25, 0.3) is 5.91 Å². The van der Waals surface area contributed by atoms with Crippen LogP contribution in [-0.4, -0.2) is 43.4 Å². The van der Waals surface area contributed by atoms with Gasteiger partial charge in [0, 0.05) is 17.6 Å². The highest BCUT2D eigenvalue weighted by atomic mass is 79.9. The number of benzene rings is 1. The fourth-order valence-corrected chi connectivity index (χ4v) is 4.37. The van der Waals surface area contributed by atoms with Gasteiger partial charge >= 0.3 is 6.09 Å². The summed E-state index contributed by atoms with van der Waals surface area (Å²) in [7, 11) is -3.65. The maximum absolute atomic E-state index is 12.6. The number of hydrogen-bond acceptors (Lipinski definition) is 5. The lowest BCUT2D eigenvalue weighted by Gasteiger charge is -2.20. The largest absolute Gasteiger partial charge is 0.443 e. The van der Waals surface area contributed by atoms with Gasteiger partial charge in [0.1, 0.15) is 5.60 Å². The number of carbonyl (C=O) groups is 2. The Bertz CT molecular complexity index is 799. The molecule has 144 valence electrons. The first-order valence-electron chi connectivity index (χ1n) is 8.10. The fourth-order valence-electron chi connectivity index (χ4n) is 2.40. The molecule has 1 aliphatic rings. The maximum Gasteiger partial charge on any atom is 0.426 e. The first-order chi connectivity index (χ1) is 12.0. The molecule has 10 heteroatoms. The molecule has 2 rings (SSSR count). The average molecular weight is 448 g/mol. The van der Waals surface area contributed by atoms with E-state index in [9.17, 15) is 18.0 Å². The number of carbonyl (C=O) groups excluding carboxylic acids is 2. The van der Waals surface area contributed by atoms with Gasteiger partial charge in [-0.15, -0.1) is 0 Å². The highest BCUT2D eigenvalue weighted by Gasteiger charge is 2.28. The molecule has 0 aromatic heterocycles. The molecule has 1 heterocycles. The summed E-state index contributed by atoms with van der Waals surface area (Å²) in [5, 5.41) is 0. The monoisotopic (exact) mass is 447 g/mol. The van der Waals surface area contributed by atoms with Gasteiger partial charge in [-0.05, 0) is 67.7 Å². The second-order valence-corrected chi connectivity index (χ2v) is 9.63. The number of sulfonamides is 1. The van der Waals surface area contributed by atoms with Gasteiger partial charge in [0.15, 0.2) is 0 Å². The number of rotatable bonds is 3. The fraction of sp³-hybridized carbons (Fsp3) is 0.500. The number of hydrazine groups is 1. The molecule has 1 fully saturated rings. The Kier molecular flexibility index (Phi) is 6.30. The van der Waals surface area contributed by atoms with Crippen molar-refractivity contribution in [3.63, 3.8) is 0 Å². The zero-order chi connectivity index (χ0) is 19.5. The van der Waals surface area contributed by atoms with Gasteiger partial charge in [-0.1, -0.05) is 0 Å². The van der Waals surface area contributed by atoms with Crippen LogP contribution in [0.1, 0.15) is 44.0 Å². The maximum atomic E-state index is 12.6. The molecule has 0 bridgehead atoms. The van der Waals surface area contributed by atoms with E-state index in [0.717, 1.165) is 12.8 Å². The molecule has 0 atom stereocenters. The Morgan fingerprint density at radius 1 is 1.15 bits per heavy atom. The normalized spacial score (nSPS) is 15.5. The van der Waals surface area contributed by atoms with Crippen molar-refractivity contribution >= 4 is 38.0 Å². The van der Waals surface area contributed by atoms with Crippen molar-refractivity contribution < 1.29 is 22.7 Å². The molecule has 26 heavy (non-hydrogen) atoms. The Morgan fingerprint density at radius 3 is 2.35 bits per heavy atom. The molecule has 1 aliphatic heterocycles. The van der Waals surface area contributed by atoms with E-state index in [0.29, 0.717) is 17.6 Å². The topological polar surface area (TPSA) is 105 Å². The Morgan fingerprint density at radius 2 is 1.77 bits per heavy atom. The van der Waals surface area contributed by atoms with Crippen molar-refractivity contribution in [2.45, 2.75) is 44.1 Å². The number of hydrogen-bond donors (Lipinski definition) is 2.